The summed E-state index contributed by atoms with van der Waals surface area (Å²) in [4.78, 5) is 23.2. The third-order valence-corrected chi connectivity index (χ3v) is 5.02. The van der Waals surface area contributed by atoms with E-state index in [0.717, 1.165) is 6.42 Å². The van der Waals surface area contributed by atoms with Crippen molar-refractivity contribution >= 4 is 23.5 Å². The summed E-state index contributed by atoms with van der Waals surface area (Å²) in [6.07, 6.45) is 2.26. The van der Waals surface area contributed by atoms with E-state index < -0.39 is 0 Å². The first-order valence-electron chi connectivity index (χ1n) is 9.16. The zero-order chi connectivity index (χ0) is 19.4. The third-order valence-electron chi connectivity index (χ3n) is 4.74. The van der Waals surface area contributed by atoms with Crippen LogP contribution in [0.1, 0.15) is 32.7 Å². The number of hydrogen-bond acceptors (Lipinski definition) is 5. The molecular formula is C20H25ClN4O2. The molecule has 0 unspecified atom stereocenters. The molecule has 1 aliphatic rings. The lowest BCUT2D eigenvalue weighted by atomic mass is 9.97. The summed E-state index contributed by atoms with van der Waals surface area (Å²) in [5.74, 6) is 0.234. The Morgan fingerprint density at radius 3 is 2.56 bits per heavy atom. The number of morpholine rings is 1. The number of nitrogens with zero attached hydrogens (tertiary/aromatic N) is 3. The minimum atomic E-state index is -0.278. The quantitative estimate of drug-likeness (QED) is 0.853. The highest BCUT2D eigenvalue weighted by Crippen LogP contribution is 2.18. The SMILES string of the molecule is Cc1cc(C)c(CCNC(=O)c2nc(N3CCOCC3)ncc2Cl)c(C)c1. The lowest BCUT2D eigenvalue weighted by molar-refractivity contribution is 0.0949. The molecule has 7 heteroatoms. The van der Waals surface area contributed by atoms with Gasteiger partial charge in [0.1, 0.15) is 0 Å². The van der Waals surface area contributed by atoms with Crippen molar-refractivity contribution in [1.82, 2.24) is 15.3 Å². The maximum Gasteiger partial charge on any atom is 0.271 e. The van der Waals surface area contributed by atoms with Crippen LogP contribution in [0, 0.1) is 20.8 Å². The molecule has 0 radical (unpaired) electrons. The second-order valence-electron chi connectivity index (χ2n) is 6.85. The van der Waals surface area contributed by atoms with Crippen molar-refractivity contribution in [2.75, 3.05) is 37.7 Å². The second kappa shape index (κ2) is 8.67. The molecule has 27 heavy (non-hydrogen) atoms. The van der Waals surface area contributed by atoms with Gasteiger partial charge in [0.25, 0.3) is 5.91 Å². The largest absolute Gasteiger partial charge is 0.378 e. The normalized spacial score (nSPS) is 14.3. The van der Waals surface area contributed by atoms with E-state index in [0.29, 0.717) is 38.8 Å². The number of halogens is 1. The van der Waals surface area contributed by atoms with E-state index in [1.807, 2.05) is 4.90 Å². The van der Waals surface area contributed by atoms with E-state index >= 15 is 0 Å². The number of carbonyl (C=O) groups excluding carboxylic acids is 1. The van der Waals surface area contributed by atoms with Crippen molar-refractivity contribution in [3.05, 3.63) is 51.3 Å². The van der Waals surface area contributed by atoms with Gasteiger partial charge in [0.15, 0.2) is 5.69 Å². The predicted octanol–water partition coefficient (Wildman–Crippen LogP) is 2.86. The first-order valence-corrected chi connectivity index (χ1v) is 9.53. The highest BCUT2D eigenvalue weighted by molar-refractivity contribution is 6.33. The summed E-state index contributed by atoms with van der Waals surface area (Å²) in [7, 11) is 0. The number of aryl methyl sites for hydroxylation is 3. The van der Waals surface area contributed by atoms with Crippen LogP contribution in [0.3, 0.4) is 0 Å². The molecule has 1 aromatic heterocycles. The molecule has 0 bridgehead atoms. The zero-order valence-corrected chi connectivity index (χ0v) is 16.8. The molecule has 6 nitrogen and oxygen atoms in total. The first kappa shape index (κ1) is 19.6. The molecule has 2 aromatic rings. The molecule has 144 valence electrons. The Kier molecular flexibility index (Phi) is 6.29. The number of benzene rings is 1. The number of carbonyl (C=O) groups is 1. The minimum absolute atomic E-state index is 0.213. The molecule has 0 spiro atoms. The summed E-state index contributed by atoms with van der Waals surface area (Å²) in [5.41, 5.74) is 5.23. The maximum absolute atomic E-state index is 12.6. The van der Waals surface area contributed by atoms with Gasteiger partial charge in [0, 0.05) is 19.6 Å². The Hall–Kier alpha value is -2.18. The van der Waals surface area contributed by atoms with Crippen LogP contribution < -0.4 is 10.2 Å². The Morgan fingerprint density at radius 2 is 1.89 bits per heavy atom. The van der Waals surface area contributed by atoms with Crippen LogP contribution in [0.25, 0.3) is 0 Å². The van der Waals surface area contributed by atoms with Gasteiger partial charge >= 0.3 is 0 Å². The lowest BCUT2D eigenvalue weighted by Gasteiger charge is -2.26. The van der Waals surface area contributed by atoms with E-state index in [1.54, 1.807) is 0 Å². The average molecular weight is 389 g/mol. The fraction of sp³-hybridized carbons (Fsp3) is 0.450. The average Bonchev–Trinajstić information content (AvgIpc) is 2.64. The van der Waals surface area contributed by atoms with Crippen LogP contribution in [0.15, 0.2) is 18.3 Å². The maximum atomic E-state index is 12.6. The number of anilines is 1. The molecule has 2 heterocycles. The molecule has 1 amide bonds. The molecule has 1 aromatic carbocycles. The van der Waals surface area contributed by atoms with Crippen molar-refractivity contribution in [3.8, 4) is 0 Å². The van der Waals surface area contributed by atoms with Crippen molar-refractivity contribution in [2.24, 2.45) is 0 Å². The molecule has 3 rings (SSSR count). The van der Waals surface area contributed by atoms with Gasteiger partial charge in [-0.3, -0.25) is 4.79 Å². The zero-order valence-electron chi connectivity index (χ0n) is 16.0. The highest BCUT2D eigenvalue weighted by Gasteiger charge is 2.19. The van der Waals surface area contributed by atoms with E-state index in [4.69, 9.17) is 16.3 Å². The Morgan fingerprint density at radius 1 is 1.22 bits per heavy atom. The van der Waals surface area contributed by atoms with E-state index in [2.05, 4.69) is 48.2 Å². The summed E-state index contributed by atoms with van der Waals surface area (Å²) in [6.45, 7) is 9.49. The van der Waals surface area contributed by atoms with Gasteiger partial charge in [-0.2, -0.15) is 0 Å². The van der Waals surface area contributed by atoms with Crippen LogP contribution >= 0.6 is 11.6 Å². The van der Waals surface area contributed by atoms with Crippen LogP contribution in [-0.2, 0) is 11.2 Å². The van der Waals surface area contributed by atoms with Gasteiger partial charge in [-0.15, -0.1) is 0 Å². The van der Waals surface area contributed by atoms with Gasteiger partial charge in [-0.05, 0) is 43.9 Å². The smallest absolute Gasteiger partial charge is 0.271 e. The number of rotatable bonds is 5. The fourth-order valence-electron chi connectivity index (χ4n) is 3.42. The van der Waals surface area contributed by atoms with Crippen molar-refractivity contribution in [3.63, 3.8) is 0 Å². The van der Waals surface area contributed by atoms with Crippen LogP contribution in [0.2, 0.25) is 5.02 Å². The first-order chi connectivity index (χ1) is 13.0. The molecule has 1 N–H and O–H groups in total. The number of aromatic nitrogens is 2. The highest BCUT2D eigenvalue weighted by atomic mass is 35.5. The fourth-order valence-corrected chi connectivity index (χ4v) is 3.60. The number of ether oxygens (including phenoxy) is 1. The van der Waals surface area contributed by atoms with Crippen molar-refractivity contribution in [1.29, 1.82) is 0 Å². The van der Waals surface area contributed by atoms with Crippen LogP contribution in [-0.4, -0.2) is 48.7 Å². The summed E-state index contributed by atoms with van der Waals surface area (Å²) < 4.78 is 5.34. The summed E-state index contributed by atoms with van der Waals surface area (Å²) in [5, 5.41) is 3.19. The molecule has 1 fully saturated rings. The van der Waals surface area contributed by atoms with Gasteiger partial charge in [-0.25, -0.2) is 9.97 Å². The molecule has 0 aliphatic carbocycles. The van der Waals surface area contributed by atoms with Crippen molar-refractivity contribution < 1.29 is 9.53 Å². The Bertz CT molecular complexity index is 812. The van der Waals surface area contributed by atoms with Crippen molar-refractivity contribution in [2.45, 2.75) is 27.2 Å². The van der Waals surface area contributed by atoms with E-state index in [-0.39, 0.29) is 16.6 Å². The molecule has 1 saturated heterocycles. The van der Waals surface area contributed by atoms with Gasteiger partial charge < -0.3 is 15.0 Å². The Balaban J connectivity index is 1.66. The molecular weight excluding hydrogens is 364 g/mol. The minimum Gasteiger partial charge on any atom is -0.378 e. The van der Waals surface area contributed by atoms with Crippen LogP contribution in [0.5, 0.6) is 0 Å². The number of hydrogen-bond donors (Lipinski definition) is 1. The van der Waals surface area contributed by atoms with E-state index in [1.165, 1.54) is 28.5 Å². The van der Waals surface area contributed by atoms with E-state index in [9.17, 15) is 4.79 Å². The number of amides is 1. The van der Waals surface area contributed by atoms with Crippen LogP contribution in [0.4, 0.5) is 5.95 Å². The summed E-state index contributed by atoms with van der Waals surface area (Å²) >= 11 is 6.16. The second-order valence-corrected chi connectivity index (χ2v) is 7.26. The lowest BCUT2D eigenvalue weighted by Crippen LogP contribution is -2.38. The Labute approximate surface area is 164 Å². The molecule has 1 aliphatic heterocycles. The standard InChI is InChI=1S/C20H25ClN4O2/c1-13-10-14(2)16(15(3)11-13)4-5-22-19(26)18-17(21)12-23-20(24-18)25-6-8-27-9-7-25/h10-12H,4-9H2,1-3H3,(H,22,26). The topological polar surface area (TPSA) is 67.4 Å². The van der Waals surface area contributed by atoms with Gasteiger partial charge in [0.05, 0.1) is 24.4 Å². The molecule has 0 saturated carbocycles. The van der Waals surface area contributed by atoms with Gasteiger partial charge in [-0.1, -0.05) is 29.3 Å². The monoisotopic (exact) mass is 388 g/mol. The third kappa shape index (κ3) is 4.76. The summed E-state index contributed by atoms with van der Waals surface area (Å²) in [6, 6.07) is 4.33. The molecule has 0 atom stereocenters. The number of nitrogens with one attached hydrogen (secondary N) is 1. The predicted molar refractivity (Wildman–Crippen MR) is 107 cm³/mol. The van der Waals surface area contributed by atoms with Gasteiger partial charge in [0.2, 0.25) is 5.95 Å².